The van der Waals surface area contributed by atoms with Crippen LogP contribution in [-0.4, -0.2) is 36.9 Å². The van der Waals surface area contributed by atoms with E-state index in [1.54, 1.807) is 12.1 Å². The fraction of sp³-hybridized carbons (Fsp3) is 0.556. The number of hydrogen-bond acceptors (Lipinski definition) is 3. The highest BCUT2D eigenvalue weighted by Crippen LogP contribution is 2.36. The molecular weight excluding hydrogens is 317 g/mol. The molecular formula is C18H23F3N2O. The van der Waals surface area contributed by atoms with Crippen molar-refractivity contribution >= 4 is 0 Å². The van der Waals surface area contributed by atoms with Crippen molar-refractivity contribution in [3.8, 4) is 5.75 Å². The average molecular weight is 340 g/mol. The molecule has 3 saturated heterocycles. The predicted molar refractivity (Wildman–Crippen MR) is 86.6 cm³/mol. The zero-order valence-electron chi connectivity index (χ0n) is 13.6. The van der Waals surface area contributed by atoms with Gasteiger partial charge in [0, 0.05) is 25.7 Å². The maximum atomic E-state index is 12.1. The molecule has 3 fully saturated rings. The zero-order chi connectivity index (χ0) is 17.2. The Balaban J connectivity index is 1.45. The third-order valence-corrected chi connectivity index (χ3v) is 5.10. The van der Waals surface area contributed by atoms with Crippen LogP contribution in [0.5, 0.6) is 5.75 Å². The molecule has 4 rings (SSSR count). The van der Waals surface area contributed by atoms with Crippen LogP contribution in [0.25, 0.3) is 0 Å². The van der Waals surface area contributed by atoms with Crippen LogP contribution in [-0.2, 0) is 6.54 Å². The van der Waals surface area contributed by atoms with E-state index in [1.165, 1.54) is 25.0 Å². The van der Waals surface area contributed by atoms with Gasteiger partial charge in [-0.3, -0.25) is 4.90 Å². The maximum Gasteiger partial charge on any atom is 0.573 e. The van der Waals surface area contributed by atoms with Gasteiger partial charge in [0.1, 0.15) is 5.75 Å². The number of rotatable bonds is 6. The maximum absolute atomic E-state index is 12.1. The number of hydrogen-bond donors (Lipinski definition) is 1. The SMILES string of the molecule is C=CC1CN2CCC1CC2CNCc1ccc(OC(F)(F)F)cc1. The molecule has 4 atom stereocenters. The largest absolute Gasteiger partial charge is 0.573 e. The van der Waals surface area contributed by atoms with E-state index in [9.17, 15) is 13.2 Å². The molecule has 4 unspecified atom stereocenters. The normalized spacial score (nSPS) is 29.5. The van der Waals surface area contributed by atoms with E-state index in [-0.39, 0.29) is 5.75 Å². The number of alkyl halides is 3. The molecule has 0 saturated carbocycles. The molecule has 3 heterocycles. The van der Waals surface area contributed by atoms with Crippen molar-refractivity contribution in [3.05, 3.63) is 42.5 Å². The molecule has 6 heteroatoms. The molecule has 2 bridgehead atoms. The van der Waals surface area contributed by atoms with Crippen molar-refractivity contribution in [1.82, 2.24) is 10.2 Å². The summed E-state index contributed by atoms with van der Waals surface area (Å²) in [6.45, 7) is 7.74. The molecule has 3 aliphatic heterocycles. The lowest BCUT2D eigenvalue weighted by Gasteiger charge is -2.49. The van der Waals surface area contributed by atoms with Crippen LogP contribution in [0.2, 0.25) is 0 Å². The van der Waals surface area contributed by atoms with Crippen LogP contribution in [0.4, 0.5) is 13.2 Å². The molecule has 3 nitrogen and oxygen atoms in total. The summed E-state index contributed by atoms with van der Waals surface area (Å²) in [5.41, 5.74) is 0.949. The molecule has 1 N–H and O–H groups in total. The van der Waals surface area contributed by atoms with E-state index in [0.29, 0.717) is 18.5 Å². The number of halogens is 3. The smallest absolute Gasteiger partial charge is 0.406 e. The lowest BCUT2D eigenvalue weighted by atomic mass is 9.75. The van der Waals surface area contributed by atoms with Gasteiger partial charge >= 0.3 is 6.36 Å². The van der Waals surface area contributed by atoms with Gasteiger partial charge in [0.25, 0.3) is 0 Å². The Morgan fingerprint density at radius 3 is 2.62 bits per heavy atom. The van der Waals surface area contributed by atoms with E-state index in [1.807, 2.05) is 0 Å². The number of piperidine rings is 3. The van der Waals surface area contributed by atoms with Gasteiger partial charge in [-0.1, -0.05) is 18.2 Å². The topological polar surface area (TPSA) is 24.5 Å². The number of nitrogens with zero attached hydrogens (tertiary/aromatic N) is 1. The van der Waals surface area contributed by atoms with Crippen LogP contribution in [0.15, 0.2) is 36.9 Å². The summed E-state index contributed by atoms with van der Waals surface area (Å²) in [6, 6.07) is 6.58. The molecule has 24 heavy (non-hydrogen) atoms. The molecule has 132 valence electrons. The fourth-order valence-corrected chi connectivity index (χ4v) is 3.85. The van der Waals surface area contributed by atoms with Crippen molar-refractivity contribution in [2.24, 2.45) is 11.8 Å². The highest BCUT2D eigenvalue weighted by molar-refractivity contribution is 5.27. The van der Waals surface area contributed by atoms with E-state index < -0.39 is 6.36 Å². The van der Waals surface area contributed by atoms with Gasteiger partial charge < -0.3 is 10.1 Å². The second-order valence-corrected chi connectivity index (χ2v) is 6.66. The standard InChI is InChI=1S/C18H23F3N2O/c1-2-14-12-23-8-7-15(14)9-16(23)11-22-10-13-3-5-17(6-4-13)24-18(19,20)21/h2-6,14-16,22H,1,7-12H2. The minimum absolute atomic E-state index is 0.183. The first-order valence-electron chi connectivity index (χ1n) is 8.36. The molecule has 0 radical (unpaired) electrons. The Hall–Kier alpha value is -1.53. The number of benzene rings is 1. The first kappa shape index (κ1) is 17.3. The van der Waals surface area contributed by atoms with Gasteiger partial charge in [-0.05, 0) is 48.9 Å². The van der Waals surface area contributed by atoms with Gasteiger partial charge in [-0.15, -0.1) is 19.8 Å². The molecule has 0 spiro atoms. The lowest BCUT2D eigenvalue weighted by Crippen LogP contribution is -2.55. The predicted octanol–water partition coefficient (Wildman–Crippen LogP) is 3.57. The van der Waals surface area contributed by atoms with Crippen molar-refractivity contribution < 1.29 is 17.9 Å². The lowest BCUT2D eigenvalue weighted by molar-refractivity contribution is -0.274. The Morgan fingerprint density at radius 1 is 1.29 bits per heavy atom. The van der Waals surface area contributed by atoms with Crippen molar-refractivity contribution in [3.63, 3.8) is 0 Å². The van der Waals surface area contributed by atoms with Gasteiger partial charge in [0.15, 0.2) is 0 Å². The molecule has 3 aliphatic rings. The molecule has 0 aliphatic carbocycles. The molecule has 0 amide bonds. The van der Waals surface area contributed by atoms with Crippen LogP contribution in [0.1, 0.15) is 18.4 Å². The van der Waals surface area contributed by atoms with E-state index in [2.05, 4.69) is 27.6 Å². The minimum Gasteiger partial charge on any atom is -0.406 e. The summed E-state index contributed by atoms with van der Waals surface area (Å²) in [4.78, 5) is 2.53. The highest BCUT2D eigenvalue weighted by atomic mass is 19.4. The summed E-state index contributed by atoms with van der Waals surface area (Å²) in [5, 5.41) is 3.43. The van der Waals surface area contributed by atoms with Crippen LogP contribution < -0.4 is 10.1 Å². The summed E-state index contributed by atoms with van der Waals surface area (Å²) >= 11 is 0. The summed E-state index contributed by atoms with van der Waals surface area (Å²) in [7, 11) is 0. The molecule has 1 aromatic rings. The number of nitrogens with one attached hydrogen (secondary N) is 1. The first-order chi connectivity index (χ1) is 11.4. The monoisotopic (exact) mass is 340 g/mol. The second-order valence-electron chi connectivity index (χ2n) is 6.66. The van der Waals surface area contributed by atoms with Gasteiger partial charge in [-0.2, -0.15) is 0 Å². The summed E-state index contributed by atoms with van der Waals surface area (Å²) in [6.07, 6.45) is -0.0985. The quantitative estimate of drug-likeness (QED) is 0.801. The Bertz CT molecular complexity index is 558. The fourth-order valence-electron chi connectivity index (χ4n) is 3.85. The van der Waals surface area contributed by atoms with E-state index in [0.717, 1.165) is 31.1 Å². The average Bonchev–Trinajstić information content (AvgIpc) is 2.55. The Labute approximate surface area is 140 Å². The van der Waals surface area contributed by atoms with Crippen molar-refractivity contribution in [1.29, 1.82) is 0 Å². The molecule has 0 aromatic heterocycles. The van der Waals surface area contributed by atoms with E-state index in [4.69, 9.17) is 0 Å². The van der Waals surface area contributed by atoms with Crippen molar-refractivity contribution in [2.45, 2.75) is 31.8 Å². The van der Waals surface area contributed by atoms with Crippen LogP contribution in [0.3, 0.4) is 0 Å². The Morgan fingerprint density at radius 2 is 2.04 bits per heavy atom. The molecule has 1 aromatic carbocycles. The van der Waals surface area contributed by atoms with E-state index >= 15 is 0 Å². The third kappa shape index (κ3) is 4.30. The first-order valence-corrected chi connectivity index (χ1v) is 8.36. The van der Waals surface area contributed by atoms with Gasteiger partial charge in [-0.25, -0.2) is 0 Å². The van der Waals surface area contributed by atoms with Crippen LogP contribution in [0, 0.1) is 11.8 Å². The van der Waals surface area contributed by atoms with Crippen molar-refractivity contribution in [2.75, 3.05) is 19.6 Å². The Kier molecular flexibility index (Phi) is 5.15. The van der Waals surface area contributed by atoms with Gasteiger partial charge in [0.2, 0.25) is 0 Å². The summed E-state index contributed by atoms with van der Waals surface area (Å²) < 4.78 is 40.3. The third-order valence-electron chi connectivity index (χ3n) is 5.10. The van der Waals surface area contributed by atoms with Gasteiger partial charge in [0.05, 0.1) is 0 Å². The van der Waals surface area contributed by atoms with Crippen LogP contribution >= 0.6 is 0 Å². The zero-order valence-corrected chi connectivity index (χ0v) is 13.6. The number of ether oxygens (including phenoxy) is 1. The highest BCUT2D eigenvalue weighted by Gasteiger charge is 2.38. The summed E-state index contributed by atoms with van der Waals surface area (Å²) in [5.74, 6) is 1.19. The second kappa shape index (κ2) is 7.15. The minimum atomic E-state index is -4.64. The number of fused-ring (bicyclic) bond motifs is 3.